The quantitative estimate of drug-likeness (QED) is 0.461. The highest BCUT2D eigenvalue weighted by Gasteiger charge is 2.28. The van der Waals surface area contributed by atoms with Crippen molar-refractivity contribution in [2.75, 3.05) is 24.4 Å². The van der Waals surface area contributed by atoms with Gasteiger partial charge in [0.25, 0.3) is 11.8 Å². The minimum absolute atomic E-state index is 0.188. The Bertz CT molecular complexity index is 1200. The molecule has 1 aromatic carbocycles. The molecule has 3 aromatic rings. The summed E-state index contributed by atoms with van der Waals surface area (Å²) in [7, 11) is 1.55. The van der Waals surface area contributed by atoms with E-state index in [2.05, 4.69) is 20.6 Å². The summed E-state index contributed by atoms with van der Waals surface area (Å²) in [4.78, 5) is 32.4. The summed E-state index contributed by atoms with van der Waals surface area (Å²) in [6.45, 7) is -0.188. The number of amides is 2. The zero-order valence-corrected chi connectivity index (χ0v) is 16.7. The molecule has 4 N–H and O–H groups in total. The second-order valence-electron chi connectivity index (χ2n) is 6.70. The minimum Gasteiger partial charge on any atom is -0.495 e. The van der Waals surface area contributed by atoms with E-state index >= 15 is 0 Å². The first-order valence-electron chi connectivity index (χ1n) is 9.53. The molecule has 0 radical (unpaired) electrons. The Kier molecular flexibility index (Phi) is 5.63. The molecule has 8 heteroatoms. The monoisotopic (exact) mass is 416 g/mol. The molecule has 0 fully saturated rings. The van der Waals surface area contributed by atoms with Gasteiger partial charge in [0.1, 0.15) is 5.75 Å². The fraction of sp³-hybridized carbons (Fsp3) is 0.0870. The number of nitrogens with zero attached hydrogens (tertiary/aromatic N) is 1. The van der Waals surface area contributed by atoms with Crippen LogP contribution >= 0.6 is 0 Å². The Hall–Kier alpha value is -4.17. The SMILES string of the molecule is COc1cc[nH]c1/C=C1\C(=O)Nc2ccc(NC(=O)c3ccncc3)c(/C=C/CO)c21. The van der Waals surface area contributed by atoms with Gasteiger partial charge in [-0.25, -0.2) is 0 Å². The normalized spacial score (nSPS) is 14.0. The Morgan fingerprint density at radius 1 is 1.23 bits per heavy atom. The van der Waals surface area contributed by atoms with Crippen LogP contribution in [0.5, 0.6) is 5.75 Å². The van der Waals surface area contributed by atoms with Crippen LogP contribution in [0.3, 0.4) is 0 Å². The van der Waals surface area contributed by atoms with Gasteiger partial charge in [0, 0.05) is 46.7 Å². The smallest absolute Gasteiger partial charge is 0.256 e. The van der Waals surface area contributed by atoms with E-state index in [1.165, 1.54) is 12.4 Å². The molecular weight excluding hydrogens is 396 g/mol. The Morgan fingerprint density at radius 3 is 2.77 bits per heavy atom. The van der Waals surface area contributed by atoms with Crippen molar-refractivity contribution in [2.45, 2.75) is 0 Å². The van der Waals surface area contributed by atoms with Crippen LogP contribution in [0.15, 0.2) is 55.0 Å². The summed E-state index contributed by atoms with van der Waals surface area (Å²) >= 11 is 0. The largest absolute Gasteiger partial charge is 0.495 e. The molecule has 0 bridgehead atoms. The summed E-state index contributed by atoms with van der Waals surface area (Å²) in [5.41, 5.74) is 3.85. The molecule has 156 valence electrons. The van der Waals surface area contributed by atoms with Gasteiger partial charge in [-0.2, -0.15) is 0 Å². The van der Waals surface area contributed by atoms with Gasteiger partial charge in [-0.05, 0) is 36.4 Å². The zero-order valence-electron chi connectivity index (χ0n) is 16.7. The lowest BCUT2D eigenvalue weighted by Gasteiger charge is -2.13. The molecule has 0 unspecified atom stereocenters. The number of rotatable bonds is 6. The first-order valence-corrected chi connectivity index (χ1v) is 9.53. The number of anilines is 2. The highest BCUT2D eigenvalue weighted by Crippen LogP contribution is 2.40. The second kappa shape index (κ2) is 8.68. The number of methoxy groups -OCH3 is 1. The van der Waals surface area contributed by atoms with E-state index < -0.39 is 0 Å². The highest BCUT2D eigenvalue weighted by molar-refractivity contribution is 6.36. The fourth-order valence-corrected chi connectivity index (χ4v) is 3.41. The lowest BCUT2D eigenvalue weighted by atomic mass is 9.97. The average Bonchev–Trinajstić information content (AvgIpc) is 3.37. The van der Waals surface area contributed by atoms with Crippen LogP contribution in [-0.2, 0) is 4.79 Å². The number of nitrogens with one attached hydrogen (secondary N) is 3. The molecule has 2 aromatic heterocycles. The lowest BCUT2D eigenvalue weighted by molar-refractivity contribution is -0.110. The maximum atomic E-state index is 12.7. The van der Waals surface area contributed by atoms with Crippen LogP contribution in [0.1, 0.15) is 27.2 Å². The third-order valence-electron chi connectivity index (χ3n) is 4.84. The standard InChI is InChI=1S/C23H20N4O4/c1-31-20-8-11-25-19(20)13-16-21-15(3-2-12-28)17(4-5-18(21)27-23(16)30)26-22(29)14-6-9-24-10-7-14/h2-11,13,25,28H,12H2,1H3,(H,26,29)(H,27,30)/b3-2+,16-13-. The summed E-state index contributed by atoms with van der Waals surface area (Å²) in [6, 6.07) is 8.43. The zero-order chi connectivity index (χ0) is 21.8. The Balaban J connectivity index is 1.81. The first kappa shape index (κ1) is 20.1. The van der Waals surface area contributed by atoms with Gasteiger partial charge in [-0.3, -0.25) is 14.6 Å². The lowest BCUT2D eigenvalue weighted by Crippen LogP contribution is -2.13. The van der Waals surface area contributed by atoms with Gasteiger partial charge in [0.05, 0.1) is 25.0 Å². The van der Waals surface area contributed by atoms with Crippen molar-refractivity contribution in [3.05, 3.63) is 77.4 Å². The third kappa shape index (κ3) is 3.96. The van der Waals surface area contributed by atoms with Crippen molar-refractivity contribution in [3.63, 3.8) is 0 Å². The summed E-state index contributed by atoms with van der Waals surface area (Å²) in [5, 5.41) is 15.1. The van der Waals surface area contributed by atoms with Gasteiger partial charge < -0.3 is 25.5 Å². The molecule has 0 aliphatic carbocycles. The number of aromatic nitrogens is 2. The van der Waals surface area contributed by atoms with E-state index in [1.54, 1.807) is 61.9 Å². The van der Waals surface area contributed by atoms with Crippen LogP contribution < -0.4 is 15.4 Å². The van der Waals surface area contributed by atoms with E-state index in [4.69, 9.17) is 4.74 Å². The van der Waals surface area contributed by atoms with Gasteiger partial charge >= 0.3 is 0 Å². The van der Waals surface area contributed by atoms with Crippen LogP contribution in [0, 0.1) is 0 Å². The van der Waals surface area contributed by atoms with Crippen molar-refractivity contribution in [1.29, 1.82) is 0 Å². The number of aromatic amines is 1. The van der Waals surface area contributed by atoms with Gasteiger partial charge in [-0.15, -0.1) is 0 Å². The molecular formula is C23H20N4O4. The molecule has 31 heavy (non-hydrogen) atoms. The Morgan fingerprint density at radius 2 is 2.03 bits per heavy atom. The fourth-order valence-electron chi connectivity index (χ4n) is 3.41. The number of ether oxygens (including phenoxy) is 1. The third-order valence-corrected chi connectivity index (χ3v) is 4.84. The van der Waals surface area contributed by atoms with Crippen LogP contribution in [0.2, 0.25) is 0 Å². The molecule has 8 nitrogen and oxygen atoms in total. The topological polar surface area (TPSA) is 116 Å². The van der Waals surface area contributed by atoms with Gasteiger partial charge in [0.15, 0.2) is 0 Å². The number of benzene rings is 1. The van der Waals surface area contributed by atoms with E-state index in [1.807, 2.05) is 0 Å². The van der Waals surface area contributed by atoms with Crippen molar-refractivity contribution in [2.24, 2.45) is 0 Å². The molecule has 0 saturated heterocycles. The number of aliphatic hydroxyl groups excluding tert-OH is 1. The van der Waals surface area contributed by atoms with E-state index in [0.717, 1.165) is 0 Å². The van der Waals surface area contributed by atoms with Crippen LogP contribution in [-0.4, -0.2) is 40.6 Å². The second-order valence-corrected chi connectivity index (χ2v) is 6.70. The highest BCUT2D eigenvalue weighted by atomic mass is 16.5. The minimum atomic E-state index is -0.310. The van der Waals surface area contributed by atoms with Gasteiger partial charge in [0.2, 0.25) is 0 Å². The number of fused-ring (bicyclic) bond motifs is 1. The van der Waals surface area contributed by atoms with Crippen molar-refractivity contribution in [1.82, 2.24) is 9.97 Å². The summed E-state index contributed by atoms with van der Waals surface area (Å²) in [5.74, 6) is 0.0149. The van der Waals surface area contributed by atoms with E-state index in [0.29, 0.717) is 45.1 Å². The first-order chi connectivity index (χ1) is 15.1. The summed E-state index contributed by atoms with van der Waals surface area (Å²) < 4.78 is 5.32. The van der Waals surface area contributed by atoms with Crippen molar-refractivity contribution >= 4 is 40.9 Å². The predicted octanol–water partition coefficient (Wildman–Crippen LogP) is 3.17. The number of carbonyl (C=O) groups excluding carboxylic acids is 2. The van der Waals surface area contributed by atoms with E-state index in [9.17, 15) is 14.7 Å². The average molecular weight is 416 g/mol. The van der Waals surface area contributed by atoms with Gasteiger partial charge in [-0.1, -0.05) is 12.2 Å². The number of H-pyrrole nitrogens is 1. The summed E-state index contributed by atoms with van der Waals surface area (Å²) in [6.07, 6.45) is 9.73. The number of pyridine rings is 1. The number of hydrogen-bond donors (Lipinski definition) is 4. The maximum Gasteiger partial charge on any atom is 0.256 e. The molecule has 0 atom stereocenters. The molecule has 3 heterocycles. The molecule has 4 rings (SSSR count). The molecule has 0 spiro atoms. The maximum absolute atomic E-state index is 12.7. The molecule has 1 aliphatic rings. The van der Waals surface area contributed by atoms with Crippen molar-refractivity contribution in [3.8, 4) is 5.75 Å². The van der Waals surface area contributed by atoms with E-state index in [-0.39, 0.29) is 18.4 Å². The number of carbonyl (C=O) groups is 2. The Labute approximate surface area is 178 Å². The van der Waals surface area contributed by atoms with Crippen LogP contribution in [0.4, 0.5) is 11.4 Å². The molecule has 2 amide bonds. The number of hydrogen-bond acceptors (Lipinski definition) is 5. The van der Waals surface area contributed by atoms with Crippen molar-refractivity contribution < 1.29 is 19.4 Å². The molecule has 0 saturated carbocycles. The number of aliphatic hydroxyl groups is 1. The predicted molar refractivity (Wildman–Crippen MR) is 119 cm³/mol. The van der Waals surface area contributed by atoms with Crippen LogP contribution in [0.25, 0.3) is 17.7 Å². The molecule has 1 aliphatic heterocycles.